The Morgan fingerprint density at radius 1 is 1.10 bits per heavy atom. The molecule has 2 N–H and O–H groups in total. The van der Waals surface area contributed by atoms with Crippen molar-refractivity contribution in [1.29, 1.82) is 0 Å². The SMILES string of the molecule is CN=C(NCc1ccc(N2CCOCC2)c(F)c1)NCC1(c2ccccc2)CCC1. The minimum atomic E-state index is -0.184. The van der Waals surface area contributed by atoms with Crippen LogP contribution in [0.3, 0.4) is 0 Å². The quantitative estimate of drug-likeness (QED) is 0.566. The van der Waals surface area contributed by atoms with Crippen molar-refractivity contribution in [2.45, 2.75) is 31.2 Å². The summed E-state index contributed by atoms with van der Waals surface area (Å²) in [4.78, 5) is 6.39. The number of anilines is 1. The van der Waals surface area contributed by atoms with E-state index in [4.69, 9.17) is 4.74 Å². The Morgan fingerprint density at radius 2 is 1.87 bits per heavy atom. The number of morpholine rings is 1. The van der Waals surface area contributed by atoms with Crippen molar-refractivity contribution in [3.63, 3.8) is 0 Å². The van der Waals surface area contributed by atoms with Gasteiger partial charge >= 0.3 is 0 Å². The zero-order valence-electron chi connectivity index (χ0n) is 17.7. The number of nitrogens with zero attached hydrogens (tertiary/aromatic N) is 2. The summed E-state index contributed by atoms with van der Waals surface area (Å²) in [5.74, 6) is 0.562. The van der Waals surface area contributed by atoms with E-state index in [2.05, 4.69) is 46.0 Å². The van der Waals surface area contributed by atoms with E-state index in [1.165, 1.54) is 24.8 Å². The summed E-state index contributed by atoms with van der Waals surface area (Å²) in [6.07, 6.45) is 3.64. The maximum atomic E-state index is 14.6. The third-order valence-electron chi connectivity index (χ3n) is 6.34. The highest BCUT2D eigenvalue weighted by Crippen LogP contribution is 2.43. The number of guanidine groups is 1. The van der Waals surface area contributed by atoms with Gasteiger partial charge in [-0.1, -0.05) is 42.8 Å². The fourth-order valence-corrected chi connectivity index (χ4v) is 4.34. The summed E-state index contributed by atoms with van der Waals surface area (Å²) in [6.45, 7) is 4.13. The van der Waals surface area contributed by atoms with Crippen molar-refractivity contribution in [2.75, 3.05) is 44.8 Å². The van der Waals surface area contributed by atoms with Gasteiger partial charge in [0, 0.05) is 38.6 Å². The molecule has 1 heterocycles. The van der Waals surface area contributed by atoms with Crippen LogP contribution in [0.25, 0.3) is 0 Å². The molecular weight excluding hydrogens is 379 g/mol. The molecule has 2 fully saturated rings. The molecule has 2 aromatic carbocycles. The molecule has 0 bridgehead atoms. The maximum absolute atomic E-state index is 14.6. The molecule has 0 atom stereocenters. The van der Waals surface area contributed by atoms with Crippen LogP contribution < -0.4 is 15.5 Å². The van der Waals surface area contributed by atoms with Crippen LogP contribution in [0.15, 0.2) is 53.5 Å². The average molecular weight is 411 g/mol. The lowest BCUT2D eigenvalue weighted by atomic mass is 9.64. The van der Waals surface area contributed by atoms with Gasteiger partial charge in [-0.3, -0.25) is 4.99 Å². The van der Waals surface area contributed by atoms with Gasteiger partial charge in [-0.25, -0.2) is 4.39 Å². The molecule has 0 spiro atoms. The van der Waals surface area contributed by atoms with Crippen LogP contribution in [0, 0.1) is 5.82 Å². The van der Waals surface area contributed by atoms with Crippen LogP contribution in [-0.2, 0) is 16.7 Å². The minimum absolute atomic E-state index is 0.184. The fraction of sp³-hybridized carbons (Fsp3) is 0.458. The summed E-state index contributed by atoms with van der Waals surface area (Å²) in [7, 11) is 1.77. The zero-order valence-corrected chi connectivity index (χ0v) is 17.7. The highest BCUT2D eigenvalue weighted by molar-refractivity contribution is 5.79. The van der Waals surface area contributed by atoms with Crippen LogP contribution in [0.1, 0.15) is 30.4 Å². The molecule has 1 aliphatic heterocycles. The molecule has 5 nitrogen and oxygen atoms in total. The van der Waals surface area contributed by atoms with Gasteiger partial charge in [0.15, 0.2) is 5.96 Å². The Balaban J connectivity index is 1.33. The molecule has 2 aliphatic rings. The van der Waals surface area contributed by atoms with Crippen LogP contribution in [0.4, 0.5) is 10.1 Å². The standard InChI is InChI=1S/C24H31FN4O/c1-26-23(28-18-24(10-5-11-24)20-6-3-2-4-7-20)27-17-19-8-9-22(21(25)16-19)29-12-14-30-15-13-29/h2-4,6-9,16H,5,10-15,17-18H2,1H3,(H2,26,27,28). The number of benzene rings is 2. The molecule has 0 unspecified atom stereocenters. The van der Waals surface area contributed by atoms with Gasteiger partial charge in [-0.05, 0) is 36.1 Å². The van der Waals surface area contributed by atoms with Gasteiger partial charge < -0.3 is 20.3 Å². The van der Waals surface area contributed by atoms with Gasteiger partial charge in [0.1, 0.15) is 5.82 Å². The number of nitrogens with one attached hydrogen (secondary N) is 2. The summed E-state index contributed by atoms with van der Waals surface area (Å²) >= 11 is 0. The second-order valence-electron chi connectivity index (χ2n) is 8.16. The number of halogens is 1. The minimum Gasteiger partial charge on any atom is -0.378 e. The number of rotatable bonds is 6. The molecule has 30 heavy (non-hydrogen) atoms. The van der Waals surface area contributed by atoms with Crippen molar-refractivity contribution in [2.24, 2.45) is 4.99 Å². The molecule has 4 rings (SSSR count). The van der Waals surface area contributed by atoms with Crippen molar-refractivity contribution < 1.29 is 9.13 Å². The third-order valence-corrected chi connectivity index (χ3v) is 6.34. The molecule has 0 radical (unpaired) electrons. The number of hydrogen-bond acceptors (Lipinski definition) is 3. The van der Waals surface area contributed by atoms with Gasteiger partial charge in [0.25, 0.3) is 0 Å². The first kappa shape index (κ1) is 20.7. The van der Waals surface area contributed by atoms with Crippen LogP contribution >= 0.6 is 0 Å². The summed E-state index contributed by atoms with van der Waals surface area (Å²) in [6, 6.07) is 16.2. The van der Waals surface area contributed by atoms with E-state index in [0.29, 0.717) is 25.4 Å². The lowest BCUT2D eigenvalue weighted by Crippen LogP contribution is -2.48. The molecule has 0 aromatic heterocycles. The molecule has 1 aliphatic carbocycles. The van der Waals surface area contributed by atoms with Crippen molar-refractivity contribution >= 4 is 11.6 Å². The predicted molar refractivity (Wildman–Crippen MR) is 120 cm³/mol. The molecule has 1 saturated carbocycles. The number of ether oxygens (including phenoxy) is 1. The van der Waals surface area contributed by atoms with Gasteiger partial charge in [0.05, 0.1) is 18.9 Å². The maximum Gasteiger partial charge on any atom is 0.191 e. The first-order chi connectivity index (χ1) is 14.7. The Morgan fingerprint density at radius 3 is 2.50 bits per heavy atom. The highest BCUT2D eigenvalue weighted by Gasteiger charge is 2.38. The van der Waals surface area contributed by atoms with Gasteiger partial charge in [0.2, 0.25) is 0 Å². The van der Waals surface area contributed by atoms with E-state index in [1.807, 2.05) is 17.0 Å². The first-order valence-electron chi connectivity index (χ1n) is 10.8. The average Bonchev–Trinajstić information content (AvgIpc) is 2.76. The Bertz CT molecular complexity index is 861. The Labute approximate surface area is 178 Å². The van der Waals surface area contributed by atoms with Crippen molar-refractivity contribution in [1.82, 2.24) is 10.6 Å². The summed E-state index contributed by atoms with van der Waals surface area (Å²) < 4.78 is 20.0. The molecular formula is C24H31FN4O. The highest BCUT2D eigenvalue weighted by atomic mass is 19.1. The lowest BCUT2D eigenvalue weighted by Gasteiger charge is -2.43. The third kappa shape index (κ3) is 4.59. The van der Waals surface area contributed by atoms with E-state index in [0.717, 1.165) is 31.2 Å². The van der Waals surface area contributed by atoms with E-state index in [-0.39, 0.29) is 11.2 Å². The molecule has 6 heteroatoms. The monoisotopic (exact) mass is 410 g/mol. The number of hydrogen-bond donors (Lipinski definition) is 2. The van der Waals surface area contributed by atoms with Crippen LogP contribution in [0.5, 0.6) is 0 Å². The molecule has 2 aromatic rings. The van der Waals surface area contributed by atoms with Gasteiger partial charge in [-0.2, -0.15) is 0 Å². The van der Waals surface area contributed by atoms with Crippen LogP contribution in [-0.4, -0.2) is 45.9 Å². The molecule has 160 valence electrons. The summed E-state index contributed by atoms with van der Waals surface area (Å²) in [5.41, 5.74) is 3.12. The summed E-state index contributed by atoms with van der Waals surface area (Å²) in [5, 5.41) is 6.80. The normalized spacial score (nSPS) is 18.6. The van der Waals surface area contributed by atoms with Gasteiger partial charge in [-0.15, -0.1) is 0 Å². The second kappa shape index (κ2) is 9.47. The van der Waals surface area contributed by atoms with E-state index in [9.17, 15) is 4.39 Å². The second-order valence-corrected chi connectivity index (χ2v) is 8.16. The topological polar surface area (TPSA) is 48.9 Å². The lowest BCUT2D eigenvalue weighted by molar-refractivity contribution is 0.122. The first-order valence-corrected chi connectivity index (χ1v) is 10.8. The van der Waals surface area contributed by atoms with E-state index in [1.54, 1.807) is 13.1 Å². The smallest absolute Gasteiger partial charge is 0.191 e. The Hall–Kier alpha value is -2.60. The largest absolute Gasteiger partial charge is 0.378 e. The molecule has 1 saturated heterocycles. The Kier molecular flexibility index (Phi) is 6.53. The fourth-order valence-electron chi connectivity index (χ4n) is 4.34. The number of aliphatic imine (C=N–C) groups is 1. The van der Waals surface area contributed by atoms with E-state index < -0.39 is 0 Å². The molecule has 0 amide bonds. The van der Waals surface area contributed by atoms with Crippen molar-refractivity contribution in [3.05, 3.63) is 65.5 Å². The predicted octanol–water partition coefficient (Wildman–Crippen LogP) is 3.45. The van der Waals surface area contributed by atoms with E-state index >= 15 is 0 Å². The van der Waals surface area contributed by atoms with Crippen LogP contribution in [0.2, 0.25) is 0 Å². The zero-order chi connectivity index (χ0) is 20.8. The van der Waals surface area contributed by atoms with Crippen molar-refractivity contribution in [3.8, 4) is 0 Å².